The van der Waals surface area contributed by atoms with E-state index < -0.39 is 0 Å². The van der Waals surface area contributed by atoms with Crippen molar-refractivity contribution < 1.29 is 0 Å². The molecule has 1 aliphatic rings. The van der Waals surface area contributed by atoms with Crippen LogP contribution < -0.4 is 0 Å². The van der Waals surface area contributed by atoms with Gasteiger partial charge in [0.1, 0.15) is 0 Å². The first kappa shape index (κ1) is 16.0. The number of hydrogen-bond acceptors (Lipinski definition) is 1. The van der Waals surface area contributed by atoms with Crippen molar-refractivity contribution >= 4 is 29.3 Å². The van der Waals surface area contributed by atoms with Gasteiger partial charge in [0.2, 0.25) is 0 Å². The van der Waals surface area contributed by atoms with Gasteiger partial charge in [0.15, 0.2) is 0 Å². The molecule has 0 saturated carbocycles. The number of halogens is 1. The van der Waals surface area contributed by atoms with Crippen molar-refractivity contribution in [3.05, 3.63) is 75.8 Å². The molecule has 23 heavy (non-hydrogen) atoms. The van der Waals surface area contributed by atoms with E-state index in [9.17, 15) is 0 Å². The molecule has 2 aromatic carbocycles. The van der Waals surface area contributed by atoms with Crippen LogP contribution in [0.1, 0.15) is 29.2 Å². The van der Waals surface area contributed by atoms with Crippen LogP contribution in [0.4, 0.5) is 0 Å². The molecular formula is C21H22ClN. The zero-order chi connectivity index (χ0) is 16.4. The van der Waals surface area contributed by atoms with Crippen molar-refractivity contribution in [2.24, 2.45) is 5.92 Å². The highest BCUT2D eigenvalue weighted by atomic mass is 35.5. The summed E-state index contributed by atoms with van der Waals surface area (Å²) in [6, 6.07) is 14.7. The van der Waals surface area contributed by atoms with Gasteiger partial charge < -0.3 is 4.90 Å². The Kier molecular flexibility index (Phi) is 4.70. The van der Waals surface area contributed by atoms with Crippen LogP contribution >= 0.6 is 11.6 Å². The molecule has 0 N–H and O–H groups in total. The van der Waals surface area contributed by atoms with Gasteiger partial charge in [0, 0.05) is 11.6 Å². The summed E-state index contributed by atoms with van der Waals surface area (Å²) in [5.41, 5.74) is 6.23. The highest BCUT2D eigenvalue weighted by molar-refractivity contribution is 6.30. The van der Waals surface area contributed by atoms with E-state index in [0.29, 0.717) is 5.92 Å². The molecular weight excluding hydrogens is 302 g/mol. The highest BCUT2D eigenvalue weighted by Gasteiger charge is 2.16. The molecule has 3 rings (SSSR count). The fourth-order valence-corrected chi connectivity index (χ4v) is 3.38. The topological polar surface area (TPSA) is 3.24 Å². The standard InChI is InChI=1S/C21H22ClN/c1-15(14-23(2)3)12-21-19-7-5-4-6-16(19)8-9-17-10-11-18(22)13-20(17)21/h4-13,15H,14H2,1-3H3. The summed E-state index contributed by atoms with van der Waals surface area (Å²) >= 11 is 6.28. The van der Waals surface area contributed by atoms with Crippen LogP contribution in [0.3, 0.4) is 0 Å². The van der Waals surface area contributed by atoms with Gasteiger partial charge >= 0.3 is 0 Å². The van der Waals surface area contributed by atoms with Crippen LogP contribution in [0.25, 0.3) is 17.7 Å². The van der Waals surface area contributed by atoms with E-state index >= 15 is 0 Å². The summed E-state index contributed by atoms with van der Waals surface area (Å²) in [7, 11) is 4.23. The van der Waals surface area contributed by atoms with E-state index in [2.05, 4.69) is 80.5 Å². The van der Waals surface area contributed by atoms with Crippen molar-refractivity contribution in [1.29, 1.82) is 0 Å². The van der Waals surface area contributed by atoms with E-state index in [4.69, 9.17) is 11.6 Å². The molecule has 0 saturated heterocycles. The van der Waals surface area contributed by atoms with Crippen molar-refractivity contribution in [3.63, 3.8) is 0 Å². The molecule has 0 aromatic heterocycles. The molecule has 0 bridgehead atoms. The van der Waals surface area contributed by atoms with Crippen LogP contribution in [0.2, 0.25) is 5.02 Å². The summed E-state index contributed by atoms with van der Waals surface area (Å²) in [5.74, 6) is 0.456. The fraction of sp³-hybridized carbons (Fsp3) is 0.238. The molecule has 2 aromatic rings. The Morgan fingerprint density at radius 3 is 2.43 bits per heavy atom. The summed E-state index contributed by atoms with van der Waals surface area (Å²) < 4.78 is 0. The van der Waals surface area contributed by atoms with Gasteiger partial charge in [-0.2, -0.15) is 0 Å². The highest BCUT2D eigenvalue weighted by Crippen LogP contribution is 2.35. The molecule has 2 heteroatoms. The molecule has 1 unspecified atom stereocenters. The number of hydrogen-bond donors (Lipinski definition) is 0. The summed E-state index contributed by atoms with van der Waals surface area (Å²) in [6.07, 6.45) is 6.75. The number of fused-ring (bicyclic) bond motifs is 2. The molecule has 118 valence electrons. The smallest absolute Gasteiger partial charge is 0.0412 e. The van der Waals surface area contributed by atoms with Crippen molar-refractivity contribution in [1.82, 2.24) is 4.90 Å². The molecule has 0 spiro atoms. The van der Waals surface area contributed by atoms with Crippen molar-refractivity contribution in [2.45, 2.75) is 6.92 Å². The average Bonchev–Trinajstić information content (AvgIpc) is 2.65. The molecule has 1 atom stereocenters. The lowest BCUT2D eigenvalue weighted by Gasteiger charge is -2.18. The molecule has 1 nitrogen and oxygen atoms in total. The van der Waals surface area contributed by atoms with Crippen molar-refractivity contribution in [3.8, 4) is 0 Å². The maximum Gasteiger partial charge on any atom is 0.0412 e. The summed E-state index contributed by atoms with van der Waals surface area (Å²) in [6.45, 7) is 3.28. The molecule has 0 radical (unpaired) electrons. The largest absolute Gasteiger partial charge is 0.309 e. The Bertz CT molecular complexity index is 771. The Labute approximate surface area is 143 Å². The van der Waals surface area contributed by atoms with Gasteiger partial charge in [0.05, 0.1) is 0 Å². The lowest BCUT2D eigenvalue weighted by Crippen LogP contribution is -2.18. The first-order chi connectivity index (χ1) is 11.0. The second-order valence-corrected chi connectivity index (χ2v) is 6.91. The van der Waals surface area contributed by atoms with E-state index in [1.165, 1.54) is 27.8 Å². The lowest BCUT2D eigenvalue weighted by atomic mass is 9.91. The average molecular weight is 324 g/mol. The Hall–Kier alpha value is -1.83. The predicted octanol–water partition coefficient (Wildman–Crippen LogP) is 5.45. The monoisotopic (exact) mass is 323 g/mol. The number of nitrogens with zero attached hydrogens (tertiary/aromatic N) is 1. The molecule has 0 heterocycles. The third-order valence-corrected chi connectivity index (χ3v) is 4.34. The normalized spacial score (nSPS) is 16.1. The first-order valence-corrected chi connectivity index (χ1v) is 8.36. The maximum atomic E-state index is 6.28. The van der Waals surface area contributed by atoms with E-state index in [1.54, 1.807) is 0 Å². The van der Waals surface area contributed by atoms with Gasteiger partial charge in [-0.05, 0) is 60.0 Å². The second kappa shape index (κ2) is 6.74. The van der Waals surface area contributed by atoms with E-state index in [0.717, 1.165) is 11.6 Å². The quantitative estimate of drug-likeness (QED) is 0.619. The molecule has 0 fully saturated rings. The fourth-order valence-electron chi connectivity index (χ4n) is 3.21. The Morgan fingerprint density at radius 1 is 1.00 bits per heavy atom. The van der Waals surface area contributed by atoms with Gasteiger partial charge in [-0.25, -0.2) is 0 Å². The second-order valence-electron chi connectivity index (χ2n) is 6.47. The van der Waals surface area contributed by atoms with Gasteiger partial charge in [-0.15, -0.1) is 0 Å². The lowest BCUT2D eigenvalue weighted by molar-refractivity contribution is 0.371. The Morgan fingerprint density at radius 2 is 1.70 bits per heavy atom. The van der Waals surface area contributed by atoms with E-state index in [1.807, 2.05) is 6.07 Å². The SMILES string of the molecule is CC(C=C1c2ccccc2C=Cc2ccc(Cl)cc21)CN(C)C. The Balaban J connectivity index is 2.18. The minimum atomic E-state index is 0.456. The van der Waals surface area contributed by atoms with Crippen LogP contribution in [0.5, 0.6) is 0 Å². The minimum absolute atomic E-state index is 0.456. The van der Waals surface area contributed by atoms with E-state index in [-0.39, 0.29) is 0 Å². The van der Waals surface area contributed by atoms with Crippen LogP contribution in [-0.2, 0) is 0 Å². The molecule has 0 amide bonds. The van der Waals surface area contributed by atoms with Gasteiger partial charge in [0.25, 0.3) is 0 Å². The van der Waals surface area contributed by atoms with Crippen LogP contribution in [0.15, 0.2) is 48.5 Å². The summed E-state index contributed by atoms with van der Waals surface area (Å²) in [5, 5.41) is 0.780. The zero-order valence-corrected chi connectivity index (χ0v) is 14.6. The zero-order valence-electron chi connectivity index (χ0n) is 13.9. The maximum absolute atomic E-state index is 6.28. The third kappa shape index (κ3) is 3.57. The predicted molar refractivity (Wildman–Crippen MR) is 102 cm³/mol. The van der Waals surface area contributed by atoms with Gasteiger partial charge in [-0.3, -0.25) is 0 Å². The van der Waals surface area contributed by atoms with Gasteiger partial charge in [-0.1, -0.05) is 67.1 Å². The summed E-state index contributed by atoms with van der Waals surface area (Å²) in [4.78, 5) is 2.22. The van der Waals surface area contributed by atoms with Crippen LogP contribution in [-0.4, -0.2) is 25.5 Å². The number of rotatable bonds is 3. The third-order valence-electron chi connectivity index (χ3n) is 4.10. The van der Waals surface area contributed by atoms with Crippen LogP contribution in [0, 0.1) is 5.92 Å². The van der Waals surface area contributed by atoms with Crippen molar-refractivity contribution in [2.75, 3.05) is 20.6 Å². The first-order valence-electron chi connectivity index (χ1n) is 7.98. The molecule has 0 aliphatic heterocycles. The number of benzene rings is 2. The minimum Gasteiger partial charge on any atom is -0.309 e. The molecule has 1 aliphatic carbocycles.